The van der Waals surface area contributed by atoms with Crippen LogP contribution >= 0.6 is 0 Å². The molecule has 0 radical (unpaired) electrons. The molecule has 0 unspecified atom stereocenters. The SMILES string of the molecule is CC(C)C[C@@H]1NC(=O)N(CCN(C)C)C1=O. The molecule has 1 aliphatic heterocycles. The molecular weight excluding hydrogens is 206 g/mol. The number of likely N-dealkylation sites (N-methyl/N-ethyl adjacent to an activating group) is 1. The van der Waals surface area contributed by atoms with E-state index in [0.29, 0.717) is 25.4 Å². The molecule has 0 saturated carbocycles. The number of carbonyl (C=O) groups is 2. The molecule has 1 aliphatic rings. The number of carbonyl (C=O) groups excluding carboxylic acids is 2. The Labute approximate surface area is 96.8 Å². The van der Waals surface area contributed by atoms with Gasteiger partial charge in [-0.3, -0.25) is 9.69 Å². The maximum atomic E-state index is 11.9. The molecule has 0 aliphatic carbocycles. The van der Waals surface area contributed by atoms with Gasteiger partial charge in [-0.15, -0.1) is 0 Å². The molecule has 0 spiro atoms. The van der Waals surface area contributed by atoms with Crippen LogP contribution < -0.4 is 5.32 Å². The third-order valence-corrected chi connectivity index (χ3v) is 2.58. The summed E-state index contributed by atoms with van der Waals surface area (Å²) >= 11 is 0. The zero-order valence-corrected chi connectivity index (χ0v) is 10.5. The largest absolute Gasteiger partial charge is 0.326 e. The number of imide groups is 1. The van der Waals surface area contributed by atoms with Gasteiger partial charge in [0.05, 0.1) is 0 Å². The lowest BCUT2D eigenvalue weighted by molar-refractivity contribution is -0.127. The molecular formula is C11H21N3O2. The van der Waals surface area contributed by atoms with Crippen LogP contribution in [-0.4, -0.2) is 55.0 Å². The molecule has 1 saturated heterocycles. The molecule has 5 heteroatoms. The summed E-state index contributed by atoms with van der Waals surface area (Å²) in [6.07, 6.45) is 0.711. The van der Waals surface area contributed by atoms with Gasteiger partial charge in [0.15, 0.2) is 0 Å². The lowest BCUT2D eigenvalue weighted by Gasteiger charge is -2.16. The average Bonchev–Trinajstić information content (AvgIpc) is 2.39. The highest BCUT2D eigenvalue weighted by molar-refractivity contribution is 6.04. The zero-order chi connectivity index (χ0) is 12.3. The molecule has 1 heterocycles. The second kappa shape index (κ2) is 5.30. The van der Waals surface area contributed by atoms with E-state index < -0.39 is 0 Å². The molecule has 3 amide bonds. The second-order valence-electron chi connectivity index (χ2n) is 4.92. The number of urea groups is 1. The summed E-state index contributed by atoms with van der Waals surface area (Å²) < 4.78 is 0. The van der Waals surface area contributed by atoms with Crippen LogP contribution in [-0.2, 0) is 4.79 Å². The van der Waals surface area contributed by atoms with Crippen molar-refractivity contribution in [1.29, 1.82) is 0 Å². The first-order valence-corrected chi connectivity index (χ1v) is 5.68. The van der Waals surface area contributed by atoms with Gasteiger partial charge in [0.2, 0.25) is 0 Å². The van der Waals surface area contributed by atoms with Crippen molar-refractivity contribution in [2.24, 2.45) is 5.92 Å². The summed E-state index contributed by atoms with van der Waals surface area (Å²) in [5, 5.41) is 2.73. The van der Waals surface area contributed by atoms with Crippen LogP contribution in [0.3, 0.4) is 0 Å². The predicted molar refractivity (Wildman–Crippen MR) is 62.0 cm³/mol. The van der Waals surface area contributed by atoms with E-state index in [9.17, 15) is 9.59 Å². The fourth-order valence-corrected chi connectivity index (χ4v) is 1.72. The Kier molecular flexibility index (Phi) is 4.29. The van der Waals surface area contributed by atoms with Gasteiger partial charge < -0.3 is 10.2 Å². The van der Waals surface area contributed by atoms with Crippen LogP contribution in [0.4, 0.5) is 4.79 Å². The molecule has 0 aromatic rings. The predicted octanol–water partition coefficient (Wildman–Crippen LogP) is 0.515. The fourth-order valence-electron chi connectivity index (χ4n) is 1.72. The van der Waals surface area contributed by atoms with Gasteiger partial charge in [-0.2, -0.15) is 0 Å². The fraction of sp³-hybridized carbons (Fsp3) is 0.818. The molecule has 5 nitrogen and oxygen atoms in total. The average molecular weight is 227 g/mol. The van der Waals surface area contributed by atoms with Crippen molar-refractivity contribution in [3.63, 3.8) is 0 Å². The highest BCUT2D eigenvalue weighted by Crippen LogP contribution is 2.13. The minimum Gasteiger partial charge on any atom is -0.326 e. The summed E-state index contributed by atoms with van der Waals surface area (Å²) in [7, 11) is 3.84. The van der Waals surface area contributed by atoms with Crippen LogP contribution in [0.25, 0.3) is 0 Å². The van der Waals surface area contributed by atoms with Gasteiger partial charge in [0.25, 0.3) is 5.91 Å². The van der Waals surface area contributed by atoms with E-state index in [1.165, 1.54) is 4.90 Å². The van der Waals surface area contributed by atoms with Gasteiger partial charge in [-0.05, 0) is 26.4 Å². The number of hydrogen-bond acceptors (Lipinski definition) is 3. The van der Waals surface area contributed by atoms with Crippen molar-refractivity contribution in [3.05, 3.63) is 0 Å². The van der Waals surface area contributed by atoms with Crippen molar-refractivity contribution in [3.8, 4) is 0 Å². The minimum atomic E-state index is -0.324. The Balaban J connectivity index is 2.53. The lowest BCUT2D eigenvalue weighted by atomic mass is 10.0. The van der Waals surface area contributed by atoms with Crippen molar-refractivity contribution in [2.45, 2.75) is 26.3 Å². The summed E-state index contributed by atoms with van der Waals surface area (Å²) in [6, 6.07) is -0.577. The lowest BCUT2D eigenvalue weighted by Crippen LogP contribution is -2.37. The summed E-state index contributed by atoms with van der Waals surface area (Å²) in [5.41, 5.74) is 0. The number of hydrogen-bond donors (Lipinski definition) is 1. The molecule has 1 fully saturated rings. The van der Waals surface area contributed by atoms with E-state index in [-0.39, 0.29) is 18.0 Å². The monoisotopic (exact) mass is 227 g/mol. The molecule has 1 atom stereocenters. The first-order chi connectivity index (χ1) is 7.41. The second-order valence-corrected chi connectivity index (χ2v) is 4.92. The van der Waals surface area contributed by atoms with Crippen molar-refractivity contribution in [2.75, 3.05) is 27.2 Å². The van der Waals surface area contributed by atoms with Gasteiger partial charge in [0, 0.05) is 13.1 Å². The van der Waals surface area contributed by atoms with Crippen LogP contribution in [0.2, 0.25) is 0 Å². The Morgan fingerprint density at radius 3 is 2.50 bits per heavy atom. The molecule has 0 aromatic heterocycles. The minimum absolute atomic E-state index is 0.0828. The summed E-state index contributed by atoms with van der Waals surface area (Å²) in [5.74, 6) is 0.323. The third kappa shape index (κ3) is 3.20. The van der Waals surface area contributed by atoms with E-state index in [1.54, 1.807) is 0 Å². The van der Waals surface area contributed by atoms with Crippen LogP contribution in [0, 0.1) is 5.92 Å². The Hall–Kier alpha value is -1.10. The van der Waals surface area contributed by atoms with Gasteiger partial charge in [-0.1, -0.05) is 13.8 Å². The molecule has 0 bridgehead atoms. The highest BCUT2D eigenvalue weighted by Gasteiger charge is 2.37. The first kappa shape index (κ1) is 13.0. The zero-order valence-electron chi connectivity index (χ0n) is 10.5. The van der Waals surface area contributed by atoms with Crippen molar-refractivity contribution < 1.29 is 9.59 Å². The molecule has 1 rings (SSSR count). The molecule has 16 heavy (non-hydrogen) atoms. The quantitative estimate of drug-likeness (QED) is 0.696. The van der Waals surface area contributed by atoms with Gasteiger partial charge in [0.1, 0.15) is 6.04 Å². The van der Waals surface area contributed by atoms with E-state index >= 15 is 0 Å². The Morgan fingerprint density at radius 2 is 2.00 bits per heavy atom. The van der Waals surface area contributed by atoms with E-state index in [4.69, 9.17) is 0 Å². The maximum absolute atomic E-state index is 11.9. The van der Waals surface area contributed by atoms with Crippen molar-refractivity contribution >= 4 is 11.9 Å². The first-order valence-electron chi connectivity index (χ1n) is 5.68. The van der Waals surface area contributed by atoms with Crippen molar-refractivity contribution in [1.82, 2.24) is 15.1 Å². The van der Waals surface area contributed by atoms with Crippen LogP contribution in [0.15, 0.2) is 0 Å². The van der Waals surface area contributed by atoms with E-state index in [1.807, 2.05) is 32.8 Å². The number of nitrogens with one attached hydrogen (secondary N) is 1. The van der Waals surface area contributed by atoms with Gasteiger partial charge >= 0.3 is 6.03 Å². The topological polar surface area (TPSA) is 52.7 Å². The number of nitrogens with zero attached hydrogens (tertiary/aromatic N) is 2. The highest BCUT2D eigenvalue weighted by atomic mass is 16.2. The smallest absolute Gasteiger partial charge is 0.324 e. The molecule has 0 aromatic carbocycles. The molecule has 1 N–H and O–H groups in total. The number of rotatable bonds is 5. The van der Waals surface area contributed by atoms with E-state index in [2.05, 4.69) is 5.32 Å². The van der Waals surface area contributed by atoms with Crippen LogP contribution in [0.1, 0.15) is 20.3 Å². The maximum Gasteiger partial charge on any atom is 0.324 e. The van der Waals surface area contributed by atoms with Crippen LogP contribution in [0.5, 0.6) is 0 Å². The van der Waals surface area contributed by atoms with E-state index in [0.717, 1.165) is 0 Å². The van der Waals surface area contributed by atoms with Gasteiger partial charge in [-0.25, -0.2) is 4.79 Å². The summed E-state index contributed by atoms with van der Waals surface area (Å²) in [4.78, 5) is 26.7. The summed E-state index contributed by atoms with van der Waals surface area (Å²) in [6.45, 7) is 5.25. The Morgan fingerprint density at radius 1 is 1.38 bits per heavy atom. The normalized spacial score (nSPS) is 21.1. The Bertz CT molecular complexity index is 276. The third-order valence-electron chi connectivity index (χ3n) is 2.58. The standard InChI is InChI=1S/C11H21N3O2/c1-8(2)7-9-10(15)14(11(16)12-9)6-5-13(3)4/h8-9H,5-7H2,1-4H3,(H,12,16)/t9-/m0/s1. The number of amides is 3. The molecule has 92 valence electrons.